The Kier molecular flexibility index (Phi) is 6.30. The van der Waals surface area contributed by atoms with E-state index in [1.54, 1.807) is 19.1 Å². The average Bonchev–Trinajstić information content (AvgIpc) is 2.49. The highest BCUT2D eigenvalue weighted by Crippen LogP contribution is 2.26. The molecule has 1 aromatic rings. The fourth-order valence-corrected chi connectivity index (χ4v) is 2.29. The number of ether oxygens (including phenoxy) is 3. The summed E-state index contributed by atoms with van der Waals surface area (Å²) in [6.45, 7) is 2.82. The van der Waals surface area contributed by atoms with Gasteiger partial charge in [-0.2, -0.15) is 0 Å². The Bertz CT molecular complexity index is 487. The van der Waals surface area contributed by atoms with E-state index < -0.39 is 12.1 Å². The predicted molar refractivity (Wildman–Crippen MR) is 81.1 cm³/mol. The molecule has 1 aliphatic rings. The molecule has 1 saturated heterocycles. The van der Waals surface area contributed by atoms with Crippen molar-refractivity contribution in [1.29, 1.82) is 0 Å². The van der Waals surface area contributed by atoms with Crippen molar-refractivity contribution in [2.24, 2.45) is 0 Å². The molecule has 1 fully saturated rings. The molecule has 0 amide bonds. The molecular weight excluding hydrogens is 315 g/mol. The zero-order chi connectivity index (χ0) is 15.2. The number of carbonyl (C=O) groups excluding carboxylic acids is 1. The molecule has 0 spiro atoms. The third kappa shape index (κ3) is 5.15. The minimum atomic E-state index is -0.662. The summed E-state index contributed by atoms with van der Waals surface area (Å²) in [5.74, 6) is -0.122. The number of hydrogen-bond donors (Lipinski definition) is 0. The quantitative estimate of drug-likeness (QED) is 0.606. The molecule has 6 heteroatoms. The molecule has 2 unspecified atom stereocenters. The molecule has 2 atom stereocenters. The SMILES string of the molecule is CC(OCC1CCCCO1)C(=O)Oc1ccc(Cl)c(Cl)c1. The van der Waals surface area contributed by atoms with E-state index in [9.17, 15) is 4.79 Å². The zero-order valence-electron chi connectivity index (χ0n) is 11.8. The summed E-state index contributed by atoms with van der Waals surface area (Å²) in [6.07, 6.45) is 2.60. The molecule has 0 bridgehead atoms. The summed E-state index contributed by atoms with van der Waals surface area (Å²) in [6, 6.07) is 4.66. The number of halogens is 2. The van der Waals surface area contributed by atoms with Crippen LogP contribution in [0.3, 0.4) is 0 Å². The number of rotatable bonds is 5. The Labute approximate surface area is 134 Å². The van der Waals surface area contributed by atoms with Gasteiger partial charge in [-0.1, -0.05) is 23.2 Å². The Balaban J connectivity index is 1.80. The van der Waals surface area contributed by atoms with Crippen LogP contribution in [0.4, 0.5) is 0 Å². The number of esters is 1. The summed E-state index contributed by atoms with van der Waals surface area (Å²) >= 11 is 11.7. The molecule has 0 saturated carbocycles. The van der Waals surface area contributed by atoms with E-state index in [1.807, 2.05) is 0 Å². The van der Waals surface area contributed by atoms with Gasteiger partial charge in [0.2, 0.25) is 0 Å². The van der Waals surface area contributed by atoms with Gasteiger partial charge in [0.1, 0.15) is 5.75 Å². The lowest BCUT2D eigenvalue weighted by molar-refractivity contribution is -0.149. The van der Waals surface area contributed by atoms with Crippen LogP contribution in [-0.4, -0.2) is 31.4 Å². The first-order chi connectivity index (χ1) is 10.1. The van der Waals surface area contributed by atoms with E-state index in [1.165, 1.54) is 6.07 Å². The van der Waals surface area contributed by atoms with E-state index >= 15 is 0 Å². The van der Waals surface area contributed by atoms with Crippen molar-refractivity contribution in [1.82, 2.24) is 0 Å². The van der Waals surface area contributed by atoms with Crippen molar-refractivity contribution in [2.45, 2.75) is 38.4 Å². The minimum absolute atomic E-state index is 0.0685. The molecule has 4 nitrogen and oxygen atoms in total. The van der Waals surface area contributed by atoms with Gasteiger partial charge >= 0.3 is 5.97 Å². The molecule has 2 rings (SSSR count). The van der Waals surface area contributed by atoms with Crippen LogP contribution in [0.2, 0.25) is 10.0 Å². The third-order valence-corrected chi connectivity index (χ3v) is 3.99. The van der Waals surface area contributed by atoms with Crippen LogP contribution in [0.25, 0.3) is 0 Å². The molecule has 0 aliphatic carbocycles. The van der Waals surface area contributed by atoms with Crippen molar-refractivity contribution < 1.29 is 19.0 Å². The number of carbonyl (C=O) groups is 1. The fraction of sp³-hybridized carbons (Fsp3) is 0.533. The van der Waals surface area contributed by atoms with Gasteiger partial charge in [0.05, 0.1) is 22.8 Å². The Hall–Kier alpha value is -0.810. The fourth-order valence-electron chi connectivity index (χ4n) is 2.00. The average molecular weight is 333 g/mol. The van der Waals surface area contributed by atoms with E-state index in [2.05, 4.69) is 0 Å². The predicted octanol–water partition coefficient (Wildman–Crippen LogP) is 3.87. The summed E-state index contributed by atoms with van der Waals surface area (Å²) in [4.78, 5) is 11.9. The highest BCUT2D eigenvalue weighted by Gasteiger charge is 2.20. The van der Waals surface area contributed by atoms with E-state index in [4.69, 9.17) is 37.4 Å². The highest BCUT2D eigenvalue weighted by atomic mass is 35.5. The maximum atomic E-state index is 11.9. The molecule has 0 N–H and O–H groups in total. The lowest BCUT2D eigenvalue weighted by Gasteiger charge is -2.23. The van der Waals surface area contributed by atoms with Crippen molar-refractivity contribution in [3.8, 4) is 5.75 Å². The Morgan fingerprint density at radius 3 is 2.86 bits per heavy atom. The molecule has 21 heavy (non-hydrogen) atoms. The first-order valence-electron chi connectivity index (χ1n) is 6.96. The van der Waals surface area contributed by atoms with Crippen molar-refractivity contribution in [3.63, 3.8) is 0 Å². The molecule has 0 aromatic heterocycles. The second-order valence-corrected chi connectivity index (χ2v) is 5.78. The van der Waals surface area contributed by atoms with E-state index in [0.29, 0.717) is 22.4 Å². The van der Waals surface area contributed by atoms with Crippen LogP contribution in [0, 0.1) is 0 Å². The van der Waals surface area contributed by atoms with Gasteiger partial charge in [0, 0.05) is 12.7 Å². The molecule has 1 aliphatic heterocycles. The lowest BCUT2D eigenvalue weighted by atomic mass is 10.1. The van der Waals surface area contributed by atoms with Gasteiger partial charge in [-0.25, -0.2) is 4.79 Å². The van der Waals surface area contributed by atoms with Gasteiger partial charge < -0.3 is 14.2 Å². The molecule has 1 aromatic carbocycles. The molecule has 116 valence electrons. The Morgan fingerprint density at radius 2 is 2.19 bits per heavy atom. The van der Waals surface area contributed by atoms with Crippen molar-refractivity contribution in [2.75, 3.05) is 13.2 Å². The highest BCUT2D eigenvalue weighted by molar-refractivity contribution is 6.42. The van der Waals surface area contributed by atoms with Crippen molar-refractivity contribution >= 4 is 29.2 Å². The number of hydrogen-bond acceptors (Lipinski definition) is 4. The summed E-state index contributed by atoms with van der Waals surface area (Å²) in [7, 11) is 0. The standard InChI is InChI=1S/C15H18Cl2O4/c1-10(20-9-12-4-2-3-7-19-12)15(18)21-11-5-6-13(16)14(17)8-11/h5-6,8,10,12H,2-4,7,9H2,1H3. The van der Waals surface area contributed by atoms with Crippen LogP contribution in [-0.2, 0) is 14.3 Å². The Morgan fingerprint density at radius 1 is 1.38 bits per heavy atom. The molecule has 0 radical (unpaired) electrons. The minimum Gasteiger partial charge on any atom is -0.425 e. The van der Waals surface area contributed by atoms with Gasteiger partial charge in [0.25, 0.3) is 0 Å². The summed E-state index contributed by atoms with van der Waals surface area (Å²) in [5.41, 5.74) is 0. The van der Waals surface area contributed by atoms with Crippen LogP contribution in [0.15, 0.2) is 18.2 Å². The first kappa shape index (κ1) is 16.6. The summed E-state index contributed by atoms with van der Waals surface area (Å²) in [5, 5.41) is 0.751. The van der Waals surface area contributed by atoms with Gasteiger partial charge in [-0.15, -0.1) is 0 Å². The number of benzene rings is 1. The normalized spacial score (nSPS) is 20.0. The maximum absolute atomic E-state index is 11.9. The lowest BCUT2D eigenvalue weighted by Crippen LogP contribution is -2.31. The smallest absolute Gasteiger partial charge is 0.340 e. The van der Waals surface area contributed by atoms with Crippen LogP contribution < -0.4 is 4.74 Å². The topological polar surface area (TPSA) is 44.8 Å². The van der Waals surface area contributed by atoms with Crippen LogP contribution >= 0.6 is 23.2 Å². The van der Waals surface area contributed by atoms with Crippen LogP contribution in [0.5, 0.6) is 5.75 Å². The third-order valence-electron chi connectivity index (χ3n) is 3.25. The largest absolute Gasteiger partial charge is 0.425 e. The van der Waals surface area contributed by atoms with E-state index in [-0.39, 0.29) is 6.10 Å². The van der Waals surface area contributed by atoms with E-state index in [0.717, 1.165) is 25.9 Å². The van der Waals surface area contributed by atoms with Crippen molar-refractivity contribution in [3.05, 3.63) is 28.2 Å². The molecule has 1 heterocycles. The second-order valence-electron chi connectivity index (χ2n) is 4.96. The zero-order valence-corrected chi connectivity index (χ0v) is 13.3. The van der Waals surface area contributed by atoms with Crippen LogP contribution in [0.1, 0.15) is 26.2 Å². The molecular formula is C15H18Cl2O4. The van der Waals surface area contributed by atoms with Gasteiger partial charge in [-0.3, -0.25) is 0 Å². The van der Waals surface area contributed by atoms with Gasteiger partial charge in [-0.05, 0) is 38.3 Å². The second kappa shape index (κ2) is 7.99. The first-order valence-corrected chi connectivity index (χ1v) is 7.72. The van der Waals surface area contributed by atoms with Gasteiger partial charge in [0.15, 0.2) is 6.10 Å². The monoisotopic (exact) mass is 332 g/mol. The maximum Gasteiger partial charge on any atom is 0.340 e. The summed E-state index contributed by atoms with van der Waals surface area (Å²) < 4.78 is 16.3.